The van der Waals surface area contributed by atoms with Crippen molar-refractivity contribution in [3.63, 3.8) is 0 Å². The second-order valence-electron chi connectivity index (χ2n) is 2.14. The lowest BCUT2D eigenvalue weighted by atomic mass is 10.1. The molecule has 0 aliphatic rings. The highest BCUT2D eigenvalue weighted by molar-refractivity contribution is 5.38. The van der Waals surface area contributed by atoms with Gasteiger partial charge in [-0.05, 0) is 19.4 Å². The van der Waals surface area contributed by atoms with E-state index in [-0.39, 0.29) is 0 Å². The van der Waals surface area contributed by atoms with Gasteiger partial charge in [-0.1, -0.05) is 43.0 Å². The van der Waals surface area contributed by atoms with E-state index in [0.717, 1.165) is 11.1 Å². The third kappa shape index (κ3) is 3.08. The molecule has 0 aromatic carbocycles. The highest BCUT2D eigenvalue weighted by atomic mass is 13.9. The van der Waals surface area contributed by atoms with Crippen LogP contribution in [-0.4, -0.2) is 0 Å². The van der Waals surface area contributed by atoms with E-state index >= 15 is 0 Å². The zero-order chi connectivity index (χ0) is 7.98. The Bertz CT molecular complexity index is 180. The van der Waals surface area contributed by atoms with Gasteiger partial charge in [-0.25, -0.2) is 0 Å². The Morgan fingerprint density at radius 2 is 2.00 bits per heavy atom. The van der Waals surface area contributed by atoms with E-state index in [4.69, 9.17) is 0 Å². The molecular formula is C10H14. The van der Waals surface area contributed by atoms with E-state index in [1.54, 1.807) is 6.08 Å². The van der Waals surface area contributed by atoms with Gasteiger partial charge in [0.15, 0.2) is 0 Å². The van der Waals surface area contributed by atoms with E-state index in [1.807, 2.05) is 32.1 Å². The van der Waals surface area contributed by atoms with Crippen molar-refractivity contribution in [1.29, 1.82) is 0 Å². The Balaban J connectivity index is 4.41. The van der Waals surface area contributed by atoms with E-state index in [1.165, 1.54) is 0 Å². The molecule has 0 saturated carbocycles. The Labute approximate surface area is 63.3 Å². The minimum absolute atomic E-state index is 1.07. The number of allylic oxidation sites excluding steroid dienone is 6. The maximum Gasteiger partial charge on any atom is -0.0237 e. The number of rotatable bonds is 3. The van der Waals surface area contributed by atoms with Gasteiger partial charge < -0.3 is 0 Å². The Hall–Kier alpha value is -1.04. The van der Waals surface area contributed by atoms with Crippen molar-refractivity contribution in [1.82, 2.24) is 0 Å². The molecule has 0 saturated heterocycles. The monoisotopic (exact) mass is 134 g/mol. The first-order valence-corrected chi connectivity index (χ1v) is 3.33. The summed E-state index contributed by atoms with van der Waals surface area (Å²) >= 11 is 0. The summed E-state index contributed by atoms with van der Waals surface area (Å²) in [4.78, 5) is 0. The molecule has 0 unspecified atom stereocenters. The van der Waals surface area contributed by atoms with Gasteiger partial charge in [0.2, 0.25) is 0 Å². The molecule has 0 heteroatoms. The third-order valence-electron chi connectivity index (χ3n) is 1.14. The van der Waals surface area contributed by atoms with Crippen LogP contribution in [0.2, 0.25) is 0 Å². The molecule has 0 radical (unpaired) electrons. The smallest absolute Gasteiger partial charge is 0.0237 e. The molecule has 0 amide bonds. The first-order chi connectivity index (χ1) is 4.72. The third-order valence-corrected chi connectivity index (χ3v) is 1.14. The van der Waals surface area contributed by atoms with Crippen molar-refractivity contribution >= 4 is 0 Å². The molecule has 10 heavy (non-hydrogen) atoms. The first-order valence-electron chi connectivity index (χ1n) is 3.33. The fraction of sp³-hybridized carbons (Fsp3) is 0.200. The molecule has 0 spiro atoms. The van der Waals surface area contributed by atoms with Gasteiger partial charge in [-0.3, -0.25) is 0 Å². The van der Waals surface area contributed by atoms with Gasteiger partial charge in [-0.2, -0.15) is 0 Å². The van der Waals surface area contributed by atoms with Crippen LogP contribution in [0.25, 0.3) is 0 Å². The number of hydrogen-bond acceptors (Lipinski definition) is 0. The highest BCUT2D eigenvalue weighted by Crippen LogP contribution is 2.07. The van der Waals surface area contributed by atoms with Crippen LogP contribution in [0, 0.1) is 0 Å². The normalized spacial score (nSPS) is 12.0. The molecular weight excluding hydrogens is 120 g/mol. The van der Waals surface area contributed by atoms with Gasteiger partial charge in [0, 0.05) is 0 Å². The molecule has 0 heterocycles. The predicted molar refractivity (Wildman–Crippen MR) is 47.9 cm³/mol. The summed E-state index contributed by atoms with van der Waals surface area (Å²) < 4.78 is 0. The lowest BCUT2D eigenvalue weighted by molar-refractivity contribution is 1.44. The van der Waals surface area contributed by atoms with E-state index in [2.05, 4.69) is 13.2 Å². The van der Waals surface area contributed by atoms with E-state index in [9.17, 15) is 0 Å². The van der Waals surface area contributed by atoms with Crippen molar-refractivity contribution in [3.8, 4) is 0 Å². The molecule has 0 aromatic heterocycles. The van der Waals surface area contributed by atoms with E-state index < -0.39 is 0 Å². The summed E-state index contributed by atoms with van der Waals surface area (Å²) in [6, 6.07) is 0. The van der Waals surface area contributed by atoms with Crippen molar-refractivity contribution in [2.24, 2.45) is 0 Å². The van der Waals surface area contributed by atoms with Gasteiger partial charge in [-0.15, -0.1) is 0 Å². The van der Waals surface area contributed by atoms with Crippen LogP contribution in [0.1, 0.15) is 13.8 Å². The zero-order valence-corrected chi connectivity index (χ0v) is 6.72. The van der Waals surface area contributed by atoms with Crippen LogP contribution >= 0.6 is 0 Å². The molecule has 0 atom stereocenters. The maximum absolute atomic E-state index is 3.83. The van der Waals surface area contributed by atoms with E-state index in [0.29, 0.717) is 0 Å². The Morgan fingerprint density at radius 1 is 1.40 bits per heavy atom. The van der Waals surface area contributed by atoms with Crippen molar-refractivity contribution in [2.45, 2.75) is 13.8 Å². The fourth-order valence-electron chi connectivity index (χ4n) is 0.647. The molecule has 0 nitrogen and oxygen atoms in total. The second-order valence-corrected chi connectivity index (χ2v) is 2.14. The van der Waals surface area contributed by atoms with Crippen LogP contribution in [0.15, 0.2) is 48.6 Å². The lowest BCUT2D eigenvalue weighted by Crippen LogP contribution is -1.76. The summed E-state index contributed by atoms with van der Waals surface area (Å²) in [6.45, 7) is 11.4. The van der Waals surface area contributed by atoms with Crippen molar-refractivity contribution in [3.05, 3.63) is 48.6 Å². The second kappa shape index (κ2) is 4.80. The molecule has 0 fully saturated rings. The summed E-state index contributed by atoms with van der Waals surface area (Å²) in [5.74, 6) is 0. The lowest BCUT2D eigenvalue weighted by Gasteiger charge is -1.96. The highest BCUT2D eigenvalue weighted by Gasteiger charge is 1.87. The topological polar surface area (TPSA) is 0 Å². The minimum atomic E-state index is 1.07. The molecule has 0 N–H and O–H groups in total. The van der Waals surface area contributed by atoms with Crippen LogP contribution in [0.3, 0.4) is 0 Å². The Morgan fingerprint density at radius 3 is 2.30 bits per heavy atom. The molecule has 0 aliphatic carbocycles. The van der Waals surface area contributed by atoms with Gasteiger partial charge in [0.1, 0.15) is 0 Å². The average molecular weight is 134 g/mol. The average Bonchev–Trinajstić information content (AvgIpc) is 1.87. The summed E-state index contributed by atoms with van der Waals surface area (Å²) in [7, 11) is 0. The molecule has 0 aliphatic heterocycles. The predicted octanol–water partition coefficient (Wildman–Crippen LogP) is 3.25. The quantitative estimate of drug-likeness (QED) is 0.520. The van der Waals surface area contributed by atoms with Gasteiger partial charge in [0.25, 0.3) is 0 Å². The van der Waals surface area contributed by atoms with Crippen molar-refractivity contribution in [2.75, 3.05) is 0 Å². The first kappa shape index (κ1) is 8.96. The van der Waals surface area contributed by atoms with Crippen LogP contribution in [-0.2, 0) is 0 Å². The maximum atomic E-state index is 3.83. The zero-order valence-electron chi connectivity index (χ0n) is 6.72. The molecule has 54 valence electrons. The van der Waals surface area contributed by atoms with Gasteiger partial charge >= 0.3 is 0 Å². The molecule has 0 aromatic rings. The molecule has 0 rings (SSSR count). The Kier molecular flexibility index (Phi) is 4.30. The minimum Gasteiger partial charge on any atom is -0.0990 e. The standard InChI is InChI=1S/C10H14/c1-5-7-10(8-6-2)9(3)4/h5-8H,1,3H2,2,4H3/b8-6+,10-7-. The van der Waals surface area contributed by atoms with Crippen LogP contribution < -0.4 is 0 Å². The van der Waals surface area contributed by atoms with Crippen LogP contribution in [0.5, 0.6) is 0 Å². The summed E-state index contributed by atoms with van der Waals surface area (Å²) in [5.41, 5.74) is 2.20. The van der Waals surface area contributed by atoms with Crippen LogP contribution in [0.4, 0.5) is 0 Å². The van der Waals surface area contributed by atoms with Gasteiger partial charge in [0.05, 0.1) is 0 Å². The van der Waals surface area contributed by atoms with Crippen molar-refractivity contribution < 1.29 is 0 Å². The molecule has 0 bridgehead atoms. The summed E-state index contributed by atoms with van der Waals surface area (Å²) in [5, 5.41) is 0. The largest absolute Gasteiger partial charge is 0.0990 e. The SMILES string of the molecule is C=C/C=C(/C=C/C)C(=C)C. The fourth-order valence-corrected chi connectivity index (χ4v) is 0.647. The summed E-state index contributed by atoms with van der Waals surface area (Å²) in [6.07, 6.45) is 7.72. The number of hydrogen-bond donors (Lipinski definition) is 0.